The minimum Gasteiger partial charge on any atom is -0.478 e. The highest BCUT2D eigenvalue weighted by molar-refractivity contribution is 5.89. The third-order valence-corrected chi connectivity index (χ3v) is 2.54. The third kappa shape index (κ3) is 5.30. The number of benzene rings is 1. The monoisotopic (exact) mass is 279 g/mol. The zero-order valence-corrected chi connectivity index (χ0v) is 12.3. The van der Waals surface area contributed by atoms with Gasteiger partial charge in [0.1, 0.15) is 5.60 Å². The lowest BCUT2D eigenvalue weighted by Crippen LogP contribution is -2.38. The van der Waals surface area contributed by atoms with E-state index in [-0.39, 0.29) is 11.6 Å². The summed E-state index contributed by atoms with van der Waals surface area (Å²) in [4.78, 5) is 22.7. The molecule has 1 rings (SSSR count). The Labute approximate surface area is 118 Å². The Balaban J connectivity index is 2.65. The van der Waals surface area contributed by atoms with Gasteiger partial charge in [-0.2, -0.15) is 0 Å². The van der Waals surface area contributed by atoms with E-state index in [4.69, 9.17) is 9.84 Å². The molecule has 0 heterocycles. The molecule has 1 amide bonds. The number of aromatic carboxylic acids is 1. The van der Waals surface area contributed by atoms with Crippen molar-refractivity contribution >= 4 is 12.1 Å². The summed E-state index contributed by atoms with van der Waals surface area (Å²) in [5.41, 5.74) is 0.386. The SMILES string of the molecule is C[C@H](Cc1ccccc1C(=O)O)NC(=O)OC(C)(C)C. The summed E-state index contributed by atoms with van der Waals surface area (Å²) >= 11 is 0. The van der Waals surface area contributed by atoms with Crippen LogP contribution in [0.15, 0.2) is 24.3 Å². The molecule has 0 aliphatic carbocycles. The van der Waals surface area contributed by atoms with Gasteiger partial charge < -0.3 is 15.2 Å². The van der Waals surface area contributed by atoms with Crippen LogP contribution >= 0.6 is 0 Å². The normalized spacial score (nSPS) is 12.6. The van der Waals surface area contributed by atoms with Crippen molar-refractivity contribution in [3.8, 4) is 0 Å². The molecule has 0 saturated heterocycles. The summed E-state index contributed by atoms with van der Waals surface area (Å²) in [5.74, 6) is -0.968. The lowest BCUT2D eigenvalue weighted by atomic mass is 10.0. The molecular formula is C15H21NO4. The predicted octanol–water partition coefficient (Wildman–Crippen LogP) is 2.84. The summed E-state index contributed by atoms with van der Waals surface area (Å²) in [6.07, 6.45) is -0.0698. The Morgan fingerprint density at radius 2 is 1.90 bits per heavy atom. The van der Waals surface area contributed by atoms with E-state index >= 15 is 0 Å². The first-order valence-electron chi connectivity index (χ1n) is 6.50. The Morgan fingerprint density at radius 3 is 2.45 bits per heavy atom. The average molecular weight is 279 g/mol. The minimum atomic E-state index is -0.968. The van der Waals surface area contributed by atoms with E-state index in [0.717, 1.165) is 0 Å². The first-order valence-corrected chi connectivity index (χ1v) is 6.50. The van der Waals surface area contributed by atoms with Crippen LogP contribution in [-0.2, 0) is 11.2 Å². The van der Waals surface area contributed by atoms with Crippen molar-refractivity contribution in [1.29, 1.82) is 0 Å². The first kappa shape index (κ1) is 16.0. The average Bonchev–Trinajstić information content (AvgIpc) is 2.26. The van der Waals surface area contributed by atoms with Gasteiger partial charge in [0.2, 0.25) is 0 Å². The van der Waals surface area contributed by atoms with Crippen LogP contribution in [0.25, 0.3) is 0 Å². The number of hydrogen-bond acceptors (Lipinski definition) is 3. The molecule has 1 aromatic rings. The van der Waals surface area contributed by atoms with Crippen LogP contribution in [-0.4, -0.2) is 28.8 Å². The van der Waals surface area contributed by atoms with Gasteiger partial charge >= 0.3 is 12.1 Å². The number of carboxylic acids is 1. The fourth-order valence-electron chi connectivity index (χ4n) is 1.80. The van der Waals surface area contributed by atoms with Gasteiger partial charge in [-0.05, 0) is 45.7 Å². The number of alkyl carbamates (subject to hydrolysis) is 1. The number of rotatable bonds is 4. The maximum absolute atomic E-state index is 11.6. The van der Waals surface area contributed by atoms with Crippen LogP contribution in [0.5, 0.6) is 0 Å². The van der Waals surface area contributed by atoms with Gasteiger partial charge in [0, 0.05) is 6.04 Å². The van der Waals surface area contributed by atoms with Crippen molar-refractivity contribution in [2.75, 3.05) is 0 Å². The predicted molar refractivity (Wildman–Crippen MR) is 75.9 cm³/mol. The van der Waals surface area contributed by atoms with Crippen molar-refractivity contribution in [1.82, 2.24) is 5.32 Å². The van der Waals surface area contributed by atoms with Crippen LogP contribution in [0.2, 0.25) is 0 Å². The Kier molecular flexibility index (Phi) is 5.13. The van der Waals surface area contributed by atoms with Crippen LogP contribution in [0.1, 0.15) is 43.6 Å². The Hall–Kier alpha value is -2.04. The van der Waals surface area contributed by atoms with Crippen LogP contribution in [0, 0.1) is 0 Å². The van der Waals surface area contributed by atoms with Gasteiger partial charge in [-0.1, -0.05) is 18.2 Å². The lowest BCUT2D eigenvalue weighted by molar-refractivity contribution is 0.0508. The Morgan fingerprint density at radius 1 is 1.30 bits per heavy atom. The molecule has 0 aliphatic heterocycles. The Bertz CT molecular complexity index is 491. The number of ether oxygens (including phenoxy) is 1. The molecule has 2 N–H and O–H groups in total. The fraction of sp³-hybridized carbons (Fsp3) is 0.467. The molecule has 0 unspecified atom stereocenters. The van der Waals surface area contributed by atoms with E-state index in [9.17, 15) is 9.59 Å². The van der Waals surface area contributed by atoms with Gasteiger partial charge in [-0.3, -0.25) is 0 Å². The van der Waals surface area contributed by atoms with Gasteiger partial charge in [-0.15, -0.1) is 0 Å². The highest BCUT2D eigenvalue weighted by Gasteiger charge is 2.18. The molecule has 0 aromatic heterocycles. The summed E-state index contributed by atoms with van der Waals surface area (Å²) in [6.45, 7) is 7.17. The van der Waals surface area contributed by atoms with Crippen molar-refractivity contribution in [2.45, 2.75) is 45.8 Å². The third-order valence-electron chi connectivity index (χ3n) is 2.54. The molecule has 20 heavy (non-hydrogen) atoms. The molecule has 1 atom stereocenters. The number of carbonyl (C=O) groups excluding carboxylic acids is 1. The van der Waals surface area contributed by atoms with Gasteiger partial charge in [-0.25, -0.2) is 9.59 Å². The molecule has 1 aromatic carbocycles. The van der Waals surface area contributed by atoms with Crippen LogP contribution in [0.4, 0.5) is 4.79 Å². The molecule has 0 aliphatic rings. The van der Waals surface area contributed by atoms with E-state index in [1.165, 1.54) is 0 Å². The zero-order valence-electron chi connectivity index (χ0n) is 12.3. The van der Waals surface area contributed by atoms with Crippen LogP contribution in [0.3, 0.4) is 0 Å². The molecule has 5 nitrogen and oxygen atoms in total. The highest BCUT2D eigenvalue weighted by Crippen LogP contribution is 2.12. The summed E-state index contributed by atoms with van der Waals surface area (Å²) in [5, 5.41) is 11.8. The fourth-order valence-corrected chi connectivity index (χ4v) is 1.80. The minimum absolute atomic E-state index is 0.217. The molecular weight excluding hydrogens is 258 g/mol. The summed E-state index contributed by atoms with van der Waals surface area (Å²) in [7, 11) is 0. The molecule has 0 bridgehead atoms. The van der Waals surface area contributed by atoms with Gasteiger partial charge in [0.05, 0.1) is 5.56 Å². The van der Waals surface area contributed by atoms with Crippen LogP contribution < -0.4 is 5.32 Å². The van der Waals surface area contributed by atoms with E-state index in [1.807, 2.05) is 6.92 Å². The second-order valence-electron chi connectivity index (χ2n) is 5.71. The summed E-state index contributed by atoms with van der Waals surface area (Å²) < 4.78 is 5.16. The number of hydrogen-bond donors (Lipinski definition) is 2. The number of carbonyl (C=O) groups is 2. The maximum Gasteiger partial charge on any atom is 0.407 e. The smallest absolute Gasteiger partial charge is 0.407 e. The van der Waals surface area contributed by atoms with E-state index in [2.05, 4.69) is 5.32 Å². The number of nitrogens with one attached hydrogen (secondary N) is 1. The van der Waals surface area contributed by atoms with Crippen molar-refractivity contribution in [3.63, 3.8) is 0 Å². The highest BCUT2D eigenvalue weighted by atomic mass is 16.6. The second kappa shape index (κ2) is 6.41. The molecule has 0 spiro atoms. The molecule has 5 heteroatoms. The number of amides is 1. The molecule has 110 valence electrons. The number of carboxylic acid groups (broad SMARTS) is 1. The second-order valence-corrected chi connectivity index (χ2v) is 5.71. The van der Waals surface area contributed by atoms with Gasteiger partial charge in [0.15, 0.2) is 0 Å². The van der Waals surface area contributed by atoms with E-state index in [0.29, 0.717) is 12.0 Å². The summed E-state index contributed by atoms with van der Waals surface area (Å²) in [6, 6.07) is 6.54. The van der Waals surface area contributed by atoms with Gasteiger partial charge in [0.25, 0.3) is 0 Å². The molecule has 0 fully saturated rings. The molecule has 0 saturated carbocycles. The maximum atomic E-state index is 11.6. The van der Waals surface area contributed by atoms with Crippen molar-refractivity contribution < 1.29 is 19.4 Å². The quantitative estimate of drug-likeness (QED) is 0.888. The zero-order chi connectivity index (χ0) is 15.3. The topological polar surface area (TPSA) is 75.6 Å². The van der Waals surface area contributed by atoms with E-state index in [1.54, 1.807) is 45.0 Å². The van der Waals surface area contributed by atoms with Crippen molar-refractivity contribution in [3.05, 3.63) is 35.4 Å². The molecule has 0 radical (unpaired) electrons. The van der Waals surface area contributed by atoms with E-state index < -0.39 is 17.7 Å². The first-order chi connectivity index (χ1) is 9.19. The largest absolute Gasteiger partial charge is 0.478 e. The standard InChI is InChI=1S/C15H21NO4/c1-10(16-14(19)20-15(2,3)4)9-11-7-5-6-8-12(11)13(17)18/h5-8,10H,9H2,1-4H3,(H,16,19)(H,17,18)/t10-/m1/s1. The van der Waals surface area contributed by atoms with Crippen molar-refractivity contribution in [2.24, 2.45) is 0 Å². The lowest BCUT2D eigenvalue weighted by Gasteiger charge is -2.22.